The highest BCUT2D eigenvalue weighted by Gasteiger charge is 2.46. The van der Waals surface area contributed by atoms with Gasteiger partial charge in [0.05, 0.1) is 0 Å². The molecule has 132 valence electrons. The molecule has 1 N–H and O–H groups in total. The fourth-order valence-corrected chi connectivity index (χ4v) is 2.64. The van der Waals surface area contributed by atoms with Gasteiger partial charge in [0.15, 0.2) is 0 Å². The van der Waals surface area contributed by atoms with Gasteiger partial charge in [-0.2, -0.15) is 13.2 Å². The lowest BCUT2D eigenvalue weighted by atomic mass is 9.78. The Morgan fingerprint density at radius 2 is 2.00 bits per heavy atom. The van der Waals surface area contributed by atoms with Crippen molar-refractivity contribution < 1.29 is 27.5 Å². The average molecular weight is 337 g/mol. The van der Waals surface area contributed by atoms with E-state index in [0.717, 1.165) is 4.90 Å². The van der Waals surface area contributed by atoms with Crippen LogP contribution in [-0.4, -0.2) is 47.9 Å². The highest BCUT2D eigenvalue weighted by molar-refractivity contribution is 5.87. The smallest absolute Gasteiger partial charge is 0.444 e. The molecule has 0 aromatic rings. The summed E-state index contributed by atoms with van der Waals surface area (Å²) >= 11 is 0. The van der Waals surface area contributed by atoms with Crippen LogP contribution in [0.1, 0.15) is 40.0 Å². The molecule has 1 aliphatic carbocycles. The number of carbonyl (C=O) groups is 1. The van der Waals surface area contributed by atoms with E-state index >= 15 is 0 Å². The van der Waals surface area contributed by atoms with Crippen molar-refractivity contribution in [3.63, 3.8) is 0 Å². The zero-order valence-corrected chi connectivity index (χ0v) is 13.6. The number of hydrogen-bond donors (Lipinski definition) is 1. The molecule has 1 aliphatic heterocycles. The van der Waals surface area contributed by atoms with Crippen molar-refractivity contribution in [2.24, 2.45) is 11.1 Å². The number of carbonyl (C=O) groups excluding carboxylic acids is 1. The molecule has 23 heavy (non-hydrogen) atoms. The molecular weight excluding hydrogens is 315 g/mol. The van der Waals surface area contributed by atoms with Crippen LogP contribution in [0.15, 0.2) is 5.16 Å². The number of hydrogen-bond acceptors (Lipinski definition) is 5. The highest BCUT2D eigenvalue weighted by Crippen LogP contribution is 2.35. The van der Waals surface area contributed by atoms with Gasteiger partial charge in [-0.05, 0) is 39.5 Å². The van der Waals surface area contributed by atoms with E-state index in [1.54, 1.807) is 20.8 Å². The molecule has 0 spiro atoms. The van der Waals surface area contributed by atoms with E-state index in [0.29, 0.717) is 19.3 Å². The number of alkyl carbamates (subject to hydrolysis) is 1. The molecule has 6 nitrogen and oxygen atoms in total. The number of rotatable bonds is 3. The number of halogens is 3. The van der Waals surface area contributed by atoms with Gasteiger partial charge in [-0.3, -0.25) is 0 Å². The quantitative estimate of drug-likeness (QED) is 0.860. The van der Waals surface area contributed by atoms with Gasteiger partial charge in [0.25, 0.3) is 5.84 Å². The minimum atomic E-state index is -4.51. The summed E-state index contributed by atoms with van der Waals surface area (Å²) < 4.78 is 43.1. The Kier molecular flexibility index (Phi) is 4.68. The molecule has 1 saturated carbocycles. The third-order valence-corrected chi connectivity index (χ3v) is 3.77. The van der Waals surface area contributed by atoms with Gasteiger partial charge in [0.1, 0.15) is 5.60 Å². The highest BCUT2D eigenvalue weighted by atomic mass is 19.4. The van der Waals surface area contributed by atoms with Crippen LogP contribution in [0.5, 0.6) is 0 Å². The Hall–Kier alpha value is -1.67. The molecule has 1 heterocycles. The lowest BCUT2D eigenvalue weighted by molar-refractivity contribution is -0.0698. The van der Waals surface area contributed by atoms with Gasteiger partial charge in [-0.15, -0.1) is 0 Å². The average Bonchev–Trinajstić information content (AvgIpc) is 2.65. The molecule has 0 aromatic carbocycles. The zero-order chi connectivity index (χ0) is 17.4. The van der Waals surface area contributed by atoms with E-state index in [-0.39, 0.29) is 12.0 Å². The van der Waals surface area contributed by atoms with Crippen molar-refractivity contribution in [1.82, 2.24) is 10.2 Å². The second kappa shape index (κ2) is 6.09. The van der Waals surface area contributed by atoms with Crippen molar-refractivity contribution in [2.45, 2.75) is 64.1 Å². The molecule has 1 unspecified atom stereocenters. The fraction of sp³-hybridized carbons (Fsp3) is 0.857. The van der Waals surface area contributed by atoms with E-state index < -0.39 is 29.9 Å². The maximum Gasteiger partial charge on any atom is 0.452 e. The van der Waals surface area contributed by atoms with E-state index in [1.165, 1.54) is 7.05 Å². The third-order valence-electron chi connectivity index (χ3n) is 3.77. The summed E-state index contributed by atoms with van der Waals surface area (Å²) in [5.41, 5.74) is -0.557. The van der Waals surface area contributed by atoms with E-state index in [1.807, 2.05) is 0 Å². The van der Waals surface area contributed by atoms with Crippen LogP contribution < -0.4 is 5.32 Å². The van der Waals surface area contributed by atoms with Gasteiger partial charge in [-0.25, -0.2) is 4.79 Å². The van der Waals surface area contributed by atoms with Crippen molar-refractivity contribution in [3.8, 4) is 0 Å². The second-order valence-corrected chi connectivity index (χ2v) is 7.00. The van der Waals surface area contributed by atoms with Crippen molar-refractivity contribution >= 4 is 11.9 Å². The molecule has 0 aromatic heterocycles. The van der Waals surface area contributed by atoms with E-state index in [2.05, 4.69) is 10.5 Å². The molecule has 0 bridgehead atoms. The molecule has 0 saturated heterocycles. The standard InChI is InChI=1S/C14H22F3N3O3/c1-13(2,3)22-12(21)18-9-5-8(6-9)7-10-20(4)11(19-23-10)14(15,16)17/h8-10H,5-7H2,1-4H3,(H,18,21). The predicted molar refractivity (Wildman–Crippen MR) is 76.6 cm³/mol. The fourth-order valence-electron chi connectivity index (χ4n) is 2.64. The first kappa shape index (κ1) is 17.7. The second-order valence-electron chi connectivity index (χ2n) is 7.00. The summed E-state index contributed by atoms with van der Waals surface area (Å²) in [4.78, 5) is 17.5. The minimum Gasteiger partial charge on any atom is -0.444 e. The first-order valence-corrected chi connectivity index (χ1v) is 7.49. The molecule has 2 rings (SSSR count). The van der Waals surface area contributed by atoms with Crippen LogP contribution >= 0.6 is 0 Å². The van der Waals surface area contributed by atoms with E-state index in [4.69, 9.17) is 9.57 Å². The molecule has 1 atom stereocenters. The van der Waals surface area contributed by atoms with Crippen LogP contribution in [0.25, 0.3) is 0 Å². The number of oxime groups is 1. The molecule has 2 aliphatic rings. The largest absolute Gasteiger partial charge is 0.452 e. The van der Waals surface area contributed by atoms with Gasteiger partial charge in [0, 0.05) is 19.5 Å². The third kappa shape index (κ3) is 4.65. The number of alkyl halides is 3. The number of nitrogens with one attached hydrogen (secondary N) is 1. The minimum absolute atomic E-state index is 0.00966. The first-order valence-electron chi connectivity index (χ1n) is 7.49. The van der Waals surface area contributed by atoms with Gasteiger partial charge in [0.2, 0.25) is 6.23 Å². The molecule has 1 fully saturated rings. The SMILES string of the molecule is CN1C(C(F)(F)F)=NOC1CC1CC(NC(=O)OC(C)(C)C)C1. The van der Waals surface area contributed by atoms with Gasteiger partial charge in [-0.1, -0.05) is 5.16 Å². The monoisotopic (exact) mass is 337 g/mol. The Balaban J connectivity index is 1.70. The summed E-state index contributed by atoms with van der Waals surface area (Å²) in [6.07, 6.45) is -3.88. The van der Waals surface area contributed by atoms with Crippen molar-refractivity contribution in [2.75, 3.05) is 7.05 Å². The summed E-state index contributed by atoms with van der Waals surface area (Å²) in [5.74, 6) is -0.824. The number of amides is 1. The lowest BCUT2D eigenvalue weighted by Gasteiger charge is -2.37. The van der Waals surface area contributed by atoms with Crippen molar-refractivity contribution in [3.05, 3.63) is 0 Å². The summed E-state index contributed by atoms with van der Waals surface area (Å²) in [6.45, 7) is 5.34. The number of nitrogens with zero attached hydrogens (tertiary/aromatic N) is 2. The van der Waals surface area contributed by atoms with Crippen LogP contribution in [0.4, 0.5) is 18.0 Å². The van der Waals surface area contributed by atoms with Crippen molar-refractivity contribution in [1.29, 1.82) is 0 Å². The predicted octanol–water partition coefficient (Wildman–Crippen LogP) is 2.84. The maximum atomic E-state index is 12.6. The van der Waals surface area contributed by atoms with Crippen LogP contribution in [0.3, 0.4) is 0 Å². The zero-order valence-electron chi connectivity index (χ0n) is 13.6. The van der Waals surface area contributed by atoms with Gasteiger partial charge >= 0.3 is 12.3 Å². The Morgan fingerprint density at radius 3 is 2.48 bits per heavy atom. The Morgan fingerprint density at radius 1 is 1.39 bits per heavy atom. The van der Waals surface area contributed by atoms with E-state index in [9.17, 15) is 18.0 Å². The first-order chi connectivity index (χ1) is 10.5. The summed E-state index contributed by atoms with van der Waals surface area (Å²) in [7, 11) is 1.32. The molecule has 9 heteroatoms. The molecule has 1 amide bonds. The van der Waals surface area contributed by atoms with Crippen LogP contribution in [0.2, 0.25) is 0 Å². The number of amidine groups is 1. The Labute approximate surface area is 133 Å². The van der Waals surface area contributed by atoms with Crippen LogP contribution in [0, 0.1) is 5.92 Å². The number of ether oxygens (including phenoxy) is 1. The lowest BCUT2D eigenvalue weighted by Crippen LogP contribution is -2.48. The van der Waals surface area contributed by atoms with Gasteiger partial charge < -0.3 is 19.8 Å². The summed E-state index contributed by atoms with van der Waals surface area (Å²) in [6, 6.07) is -0.00966. The maximum absolute atomic E-state index is 12.6. The topological polar surface area (TPSA) is 63.2 Å². The molecule has 0 radical (unpaired) electrons. The Bertz CT molecular complexity index is 482. The summed E-state index contributed by atoms with van der Waals surface area (Å²) in [5, 5.41) is 5.86. The normalized spacial score (nSPS) is 27.9. The molecular formula is C14H22F3N3O3. The van der Waals surface area contributed by atoms with Crippen LogP contribution in [-0.2, 0) is 9.57 Å².